The van der Waals surface area contributed by atoms with Crippen molar-refractivity contribution in [2.45, 2.75) is 19.4 Å². The van der Waals surface area contributed by atoms with Crippen molar-refractivity contribution in [3.05, 3.63) is 48.3 Å². The molecule has 6 nitrogen and oxygen atoms in total. The van der Waals surface area contributed by atoms with Crippen LogP contribution in [0.25, 0.3) is 0 Å². The lowest BCUT2D eigenvalue weighted by atomic mass is 9.95. The molecule has 138 valence electrons. The van der Waals surface area contributed by atoms with E-state index in [0.29, 0.717) is 6.54 Å². The van der Waals surface area contributed by atoms with Crippen molar-refractivity contribution in [3.63, 3.8) is 0 Å². The van der Waals surface area contributed by atoms with Gasteiger partial charge >= 0.3 is 0 Å². The number of aromatic nitrogens is 1. The van der Waals surface area contributed by atoms with Crippen molar-refractivity contribution in [3.8, 4) is 11.5 Å². The fraction of sp³-hybridized carbons (Fsp3) is 0.400. The monoisotopic (exact) mass is 355 g/mol. The highest BCUT2D eigenvalue weighted by molar-refractivity contribution is 5.79. The maximum atomic E-state index is 12.6. The minimum atomic E-state index is 0.0460. The molecule has 1 fully saturated rings. The number of carbonyl (C=O) groups is 1. The van der Waals surface area contributed by atoms with Gasteiger partial charge in [0.15, 0.2) is 0 Å². The van der Waals surface area contributed by atoms with E-state index in [-0.39, 0.29) is 11.8 Å². The molecule has 0 spiro atoms. The normalized spacial score (nSPS) is 14.8. The van der Waals surface area contributed by atoms with Crippen LogP contribution >= 0.6 is 0 Å². The summed E-state index contributed by atoms with van der Waals surface area (Å²) in [5.74, 6) is 1.65. The van der Waals surface area contributed by atoms with E-state index in [9.17, 15) is 4.79 Å². The maximum Gasteiger partial charge on any atom is 0.223 e. The average molecular weight is 355 g/mol. The molecule has 1 aliphatic rings. The van der Waals surface area contributed by atoms with Crippen LogP contribution in [0.3, 0.4) is 0 Å². The van der Waals surface area contributed by atoms with Gasteiger partial charge in [0.05, 0.1) is 14.2 Å². The number of amides is 1. The van der Waals surface area contributed by atoms with E-state index in [1.54, 1.807) is 26.6 Å². The van der Waals surface area contributed by atoms with Gasteiger partial charge in [-0.15, -0.1) is 0 Å². The molecule has 2 heterocycles. The molecule has 1 amide bonds. The van der Waals surface area contributed by atoms with Gasteiger partial charge in [-0.1, -0.05) is 0 Å². The van der Waals surface area contributed by atoms with E-state index in [1.165, 1.54) is 5.69 Å². The number of anilines is 1. The Morgan fingerprint density at radius 3 is 2.54 bits per heavy atom. The Hall–Kier alpha value is -2.76. The first-order valence-corrected chi connectivity index (χ1v) is 8.85. The summed E-state index contributed by atoms with van der Waals surface area (Å²) < 4.78 is 10.6. The number of hydrogen-bond donors (Lipinski definition) is 1. The van der Waals surface area contributed by atoms with Crippen LogP contribution in [0.1, 0.15) is 18.4 Å². The lowest BCUT2D eigenvalue weighted by Gasteiger charge is -2.32. The Morgan fingerprint density at radius 1 is 1.15 bits per heavy atom. The SMILES string of the molecule is COc1ccc(OC)c(CNC(=O)C2CCN(c3ccncc3)CC2)c1. The lowest BCUT2D eigenvalue weighted by Crippen LogP contribution is -2.40. The van der Waals surface area contributed by atoms with Crippen molar-refractivity contribution < 1.29 is 14.3 Å². The zero-order valence-corrected chi connectivity index (χ0v) is 15.3. The summed E-state index contributed by atoms with van der Waals surface area (Å²) in [6.07, 6.45) is 5.30. The number of benzene rings is 1. The predicted molar refractivity (Wildman–Crippen MR) is 101 cm³/mol. The standard InChI is InChI=1S/C20H25N3O3/c1-25-18-3-4-19(26-2)16(13-18)14-22-20(24)15-7-11-23(12-8-15)17-5-9-21-10-6-17/h3-6,9-10,13,15H,7-8,11-12,14H2,1-2H3,(H,22,24). The molecule has 0 radical (unpaired) electrons. The minimum absolute atomic E-state index is 0.0460. The van der Waals surface area contributed by atoms with Crippen LogP contribution < -0.4 is 19.7 Å². The number of piperidine rings is 1. The maximum absolute atomic E-state index is 12.6. The third kappa shape index (κ3) is 4.25. The van der Waals surface area contributed by atoms with Crippen molar-refractivity contribution in [2.24, 2.45) is 5.92 Å². The third-order valence-corrected chi connectivity index (χ3v) is 4.83. The molecule has 1 aromatic carbocycles. The quantitative estimate of drug-likeness (QED) is 0.863. The number of ether oxygens (including phenoxy) is 2. The number of nitrogens with one attached hydrogen (secondary N) is 1. The van der Waals surface area contributed by atoms with E-state index in [1.807, 2.05) is 30.3 Å². The molecule has 2 aromatic rings. The summed E-state index contributed by atoms with van der Waals surface area (Å²) in [6, 6.07) is 9.61. The lowest BCUT2D eigenvalue weighted by molar-refractivity contribution is -0.125. The Bertz CT molecular complexity index is 728. The number of carbonyl (C=O) groups excluding carboxylic acids is 1. The van der Waals surface area contributed by atoms with E-state index in [0.717, 1.165) is 43.0 Å². The highest BCUT2D eigenvalue weighted by atomic mass is 16.5. The van der Waals surface area contributed by atoms with Gasteiger partial charge in [0, 0.05) is 49.2 Å². The number of rotatable bonds is 6. The highest BCUT2D eigenvalue weighted by Crippen LogP contribution is 2.25. The van der Waals surface area contributed by atoms with Gasteiger partial charge in [0.25, 0.3) is 0 Å². The molecule has 0 aliphatic carbocycles. The molecule has 6 heteroatoms. The van der Waals surface area contributed by atoms with Gasteiger partial charge in [-0.3, -0.25) is 9.78 Å². The zero-order chi connectivity index (χ0) is 18.4. The second kappa shape index (κ2) is 8.56. The van der Waals surface area contributed by atoms with Crippen LogP contribution in [0, 0.1) is 5.92 Å². The average Bonchev–Trinajstić information content (AvgIpc) is 2.72. The number of hydrogen-bond acceptors (Lipinski definition) is 5. The second-order valence-corrected chi connectivity index (χ2v) is 6.36. The summed E-state index contributed by atoms with van der Waals surface area (Å²) in [7, 11) is 3.25. The van der Waals surface area contributed by atoms with Gasteiger partial charge in [0.1, 0.15) is 11.5 Å². The molecule has 1 aliphatic heterocycles. The summed E-state index contributed by atoms with van der Waals surface area (Å²) in [4.78, 5) is 18.9. The Labute approximate surface area is 154 Å². The van der Waals surface area contributed by atoms with Crippen LogP contribution in [0.5, 0.6) is 11.5 Å². The molecule has 26 heavy (non-hydrogen) atoms. The van der Waals surface area contributed by atoms with Crippen LogP contribution in [0.4, 0.5) is 5.69 Å². The summed E-state index contributed by atoms with van der Waals surface area (Å²) in [6.45, 7) is 2.19. The van der Waals surface area contributed by atoms with Crippen LogP contribution in [-0.2, 0) is 11.3 Å². The van der Waals surface area contributed by atoms with Gasteiger partial charge in [-0.25, -0.2) is 0 Å². The Kier molecular flexibility index (Phi) is 5.94. The molecule has 0 unspecified atom stereocenters. The predicted octanol–water partition coefficient (Wildman–Crippen LogP) is 2.63. The second-order valence-electron chi connectivity index (χ2n) is 6.36. The first-order chi connectivity index (χ1) is 12.7. The van der Waals surface area contributed by atoms with Crippen molar-refractivity contribution in [1.82, 2.24) is 10.3 Å². The van der Waals surface area contributed by atoms with Crippen molar-refractivity contribution in [2.75, 3.05) is 32.2 Å². The van der Waals surface area contributed by atoms with Crippen LogP contribution in [0.15, 0.2) is 42.7 Å². The number of nitrogens with zero attached hydrogens (tertiary/aromatic N) is 2. The van der Waals surface area contributed by atoms with Gasteiger partial charge in [0.2, 0.25) is 5.91 Å². The van der Waals surface area contributed by atoms with Gasteiger partial charge in [-0.2, -0.15) is 0 Å². The molecule has 1 saturated heterocycles. The fourth-order valence-electron chi connectivity index (χ4n) is 3.30. The molecule has 3 rings (SSSR count). The van der Waals surface area contributed by atoms with E-state index >= 15 is 0 Å². The molecular formula is C20H25N3O3. The molecule has 0 saturated carbocycles. The van der Waals surface area contributed by atoms with E-state index < -0.39 is 0 Å². The topological polar surface area (TPSA) is 63.7 Å². The largest absolute Gasteiger partial charge is 0.497 e. The first kappa shape index (κ1) is 18.0. The molecule has 0 bridgehead atoms. The van der Waals surface area contributed by atoms with Crippen molar-refractivity contribution >= 4 is 11.6 Å². The summed E-state index contributed by atoms with van der Waals surface area (Å²) in [5.41, 5.74) is 2.08. The van der Waals surface area contributed by atoms with Gasteiger partial charge < -0.3 is 19.7 Å². The smallest absolute Gasteiger partial charge is 0.223 e. The minimum Gasteiger partial charge on any atom is -0.497 e. The van der Waals surface area contributed by atoms with E-state index in [2.05, 4.69) is 15.2 Å². The fourth-order valence-corrected chi connectivity index (χ4v) is 3.30. The molecular weight excluding hydrogens is 330 g/mol. The van der Waals surface area contributed by atoms with E-state index in [4.69, 9.17) is 9.47 Å². The van der Waals surface area contributed by atoms with Crippen LogP contribution in [-0.4, -0.2) is 38.2 Å². The third-order valence-electron chi connectivity index (χ3n) is 4.83. The Balaban J connectivity index is 1.53. The molecule has 0 atom stereocenters. The number of pyridine rings is 1. The summed E-state index contributed by atoms with van der Waals surface area (Å²) >= 11 is 0. The van der Waals surface area contributed by atoms with Crippen molar-refractivity contribution in [1.29, 1.82) is 0 Å². The Morgan fingerprint density at radius 2 is 1.88 bits per heavy atom. The highest BCUT2D eigenvalue weighted by Gasteiger charge is 2.25. The zero-order valence-electron chi connectivity index (χ0n) is 15.3. The van der Waals surface area contributed by atoms with Crippen LogP contribution in [0.2, 0.25) is 0 Å². The molecule has 1 aromatic heterocycles. The molecule has 1 N–H and O–H groups in total. The summed E-state index contributed by atoms with van der Waals surface area (Å²) in [5, 5.41) is 3.05. The van der Waals surface area contributed by atoms with Gasteiger partial charge in [-0.05, 0) is 43.2 Å². The first-order valence-electron chi connectivity index (χ1n) is 8.85. The number of methoxy groups -OCH3 is 2.